The van der Waals surface area contributed by atoms with Gasteiger partial charge in [-0.1, -0.05) is 67.4 Å². The van der Waals surface area contributed by atoms with E-state index in [0.717, 1.165) is 12.0 Å². The maximum atomic E-state index is 12.7. The molecule has 0 saturated heterocycles. The number of aryl methyl sites for hydroxylation is 1. The van der Waals surface area contributed by atoms with Gasteiger partial charge in [-0.3, -0.25) is 4.79 Å². The Morgan fingerprint density at radius 1 is 1.00 bits per heavy atom. The molecule has 0 aliphatic heterocycles. The average molecular weight is 396 g/mol. The molecule has 0 fully saturated rings. The number of carbonyl (C=O) groups is 1. The minimum absolute atomic E-state index is 0.135. The van der Waals surface area contributed by atoms with E-state index in [4.69, 9.17) is 16.3 Å². The van der Waals surface area contributed by atoms with Crippen molar-refractivity contribution in [1.29, 1.82) is 0 Å². The molecule has 1 atom stereocenters. The van der Waals surface area contributed by atoms with Gasteiger partial charge in [0.2, 0.25) is 0 Å². The molecule has 3 nitrogen and oxygen atoms in total. The second-order valence-electron chi connectivity index (χ2n) is 7.56. The van der Waals surface area contributed by atoms with Crippen molar-refractivity contribution >= 4 is 17.6 Å². The summed E-state index contributed by atoms with van der Waals surface area (Å²) < 4.78 is 7.51. The summed E-state index contributed by atoms with van der Waals surface area (Å²) in [4.78, 5) is 12.7. The van der Waals surface area contributed by atoms with E-state index in [2.05, 4.69) is 37.3 Å². The van der Waals surface area contributed by atoms with Crippen molar-refractivity contribution in [3.63, 3.8) is 0 Å². The van der Waals surface area contributed by atoms with Crippen LogP contribution in [-0.2, 0) is 22.7 Å². The molecule has 1 aromatic heterocycles. The number of ether oxygens (including phenoxy) is 1. The van der Waals surface area contributed by atoms with Gasteiger partial charge in [0, 0.05) is 17.4 Å². The molecule has 0 spiro atoms. The van der Waals surface area contributed by atoms with Crippen LogP contribution in [0.4, 0.5) is 0 Å². The zero-order chi connectivity index (χ0) is 20.1. The van der Waals surface area contributed by atoms with Crippen LogP contribution in [0.15, 0.2) is 67.0 Å². The number of nitrogens with zero attached hydrogens (tertiary/aromatic N) is 1. The molecule has 0 aliphatic carbocycles. The summed E-state index contributed by atoms with van der Waals surface area (Å²) >= 11 is 5.97. The quantitative estimate of drug-likeness (QED) is 0.460. The lowest BCUT2D eigenvalue weighted by Gasteiger charge is -2.20. The van der Waals surface area contributed by atoms with Gasteiger partial charge in [0.15, 0.2) is 6.73 Å². The van der Waals surface area contributed by atoms with Crippen molar-refractivity contribution in [3.8, 4) is 0 Å². The lowest BCUT2D eigenvalue weighted by Crippen LogP contribution is -2.21. The lowest BCUT2D eigenvalue weighted by molar-refractivity contribution is -0.150. The Morgan fingerprint density at radius 3 is 2.32 bits per heavy atom. The molecule has 1 heterocycles. The number of rotatable bonds is 7. The van der Waals surface area contributed by atoms with Gasteiger partial charge in [0.25, 0.3) is 0 Å². The highest BCUT2D eigenvalue weighted by molar-refractivity contribution is 6.30. The molecule has 28 heavy (non-hydrogen) atoms. The molecule has 1 unspecified atom stereocenters. The van der Waals surface area contributed by atoms with E-state index >= 15 is 0 Å². The van der Waals surface area contributed by atoms with Crippen LogP contribution in [-0.4, -0.2) is 10.5 Å². The highest BCUT2D eigenvalue weighted by atomic mass is 35.5. The van der Waals surface area contributed by atoms with Crippen LogP contribution in [0.3, 0.4) is 0 Å². The molecule has 0 radical (unpaired) electrons. The molecule has 3 aromatic rings. The van der Waals surface area contributed by atoms with Crippen molar-refractivity contribution in [1.82, 2.24) is 4.57 Å². The third kappa shape index (κ3) is 5.26. The normalized spacial score (nSPS) is 12.2. The Hall–Kier alpha value is -2.52. The highest BCUT2D eigenvalue weighted by Crippen LogP contribution is 2.27. The standard InChI is InChI=1S/C24H26ClNO2/c1-17(2)23(21-8-10-22(25)11-9-21)24(27)28-16-26-13-12-20(15-26)14-19-6-4-18(3)5-7-19/h4-13,15,17,23H,14,16H2,1-3H3. The molecule has 146 valence electrons. The Balaban J connectivity index is 1.61. The van der Waals surface area contributed by atoms with E-state index in [9.17, 15) is 4.79 Å². The fraction of sp³-hybridized carbons (Fsp3) is 0.292. The maximum absolute atomic E-state index is 12.7. The smallest absolute Gasteiger partial charge is 0.315 e. The number of aromatic nitrogens is 1. The van der Waals surface area contributed by atoms with Crippen LogP contribution in [0.2, 0.25) is 5.02 Å². The van der Waals surface area contributed by atoms with Crippen LogP contribution in [0, 0.1) is 12.8 Å². The summed E-state index contributed by atoms with van der Waals surface area (Å²) in [6, 6.07) is 18.0. The average Bonchev–Trinajstić information content (AvgIpc) is 3.11. The molecule has 0 aliphatic rings. The summed E-state index contributed by atoms with van der Waals surface area (Å²) in [5.74, 6) is -0.388. The summed E-state index contributed by atoms with van der Waals surface area (Å²) in [5.41, 5.74) is 4.64. The number of carbonyl (C=O) groups excluding carboxylic acids is 1. The Bertz CT molecular complexity index is 911. The van der Waals surface area contributed by atoms with E-state index < -0.39 is 0 Å². The Morgan fingerprint density at radius 2 is 1.68 bits per heavy atom. The molecule has 3 rings (SSSR count). The fourth-order valence-electron chi connectivity index (χ4n) is 3.31. The maximum Gasteiger partial charge on any atom is 0.315 e. The van der Waals surface area contributed by atoms with Gasteiger partial charge in [-0.15, -0.1) is 0 Å². The van der Waals surface area contributed by atoms with E-state index in [1.54, 1.807) is 0 Å². The van der Waals surface area contributed by atoms with Crippen LogP contribution >= 0.6 is 11.6 Å². The number of hydrogen-bond acceptors (Lipinski definition) is 2. The summed E-state index contributed by atoms with van der Waals surface area (Å²) in [6.45, 7) is 6.35. The zero-order valence-corrected chi connectivity index (χ0v) is 17.3. The van der Waals surface area contributed by atoms with Crippen LogP contribution < -0.4 is 0 Å². The third-order valence-corrected chi connectivity index (χ3v) is 5.10. The van der Waals surface area contributed by atoms with Gasteiger partial charge in [-0.25, -0.2) is 0 Å². The topological polar surface area (TPSA) is 31.2 Å². The van der Waals surface area contributed by atoms with Gasteiger partial charge in [-0.2, -0.15) is 0 Å². The van der Waals surface area contributed by atoms with E-state index in [1.807, 2.05) is 55.1 Å². The van der Waals surface area contributed by atoms with Crippen molar-refractivity contribution in [2.24, 2.45) is 5.92 Å². The first-order chi connectivity index (χ1) is 13.4. The van der Waals surface area contributed by atoms with Crippen molar-refractivity contribution < 1.29 is 9.53 Å². The Kier molecular flexibility index (Phi) is 6.58. The van der Waals surface area contributed by atoms with Gasteiger partial charge >= 0.3 is 5.97 Å². The summed E-state index contributed by atoms with van der Waals surface area (Å²) in [5, 5.41) is 0.660. The van der Waals surface area contributed by atoms with E-state index in [-0.39, 0.29) is 24.5 Å². The molecule has 0 saturated carbocycles. The second kappa shape index (κ2) is 9.11. The number of halogens is 1. The molecular weight excluding hydrogens is 370 g/mol. The summed E-state index contributed by atoms with van der Waals surface area (Å²) in [6.07, 6.45) is 4.84. The van der Waals surface area contributed by atoms with Gasteiger partial charge in [-0.05, 0) is 54.2 Å². The first kappa shape index (κ1) is 20.2. The molecule has 4 heteroatoms. The fourth-order valence-corrected chi connectivity index (χ4v) is 3.43. The van der Waals surface area contributed by atoms with Gasteiger partial charge in [0.05, 0.1) is 5.92 Å². The van der Waals surface area contributed by atoms with Crippen molar-refractivity contribution in [2.75, 3.05) is 0 Å². The number of hydrogen-bond donors (Lipinski definition) is 0. The molecule has 0 amide bonds. The Labute approximate surface area is 171 Å². The largest absolute Gasteiger partial charge is 0.443 e. The molecule has 2 aromatic carbocycles. The zero-order valence-electron chi connectivity index (χ0n) is 16.6. The second-order valence-corrected chi connectivity index (χ2v) is 8.00. The highest BCUT2D eigenvalue weighted by Gasteiger charge is 2.25. The first-order valence-electron chi connectivity index (χ1n) is 9.54. The molecule has 0 bridgehead atoms. The molecule has 0 N–H and O–H groups in total. The van der Waals surface area contributed by atoms with Crippen LogP contribution in [0.5, 0.6) is 0 Å². The van der Waals surface area contributed by atoms with Crippen LogP contribution in [0.1, 0.15) is 42.0 Å². The monoisotopic (exact) mass is 395 g/mol. The third-order valence-electron chi connectivity index (χ3n) is 4.85. The van der Waals surface area contributed by atoms with Gasteiger partial charge in [0.1, 0.15) is 0 Å². The van der Waals surface area contributed by atoms with E-state index in [0.29, 0.717) is 5.02 Å². The van der Waals surface area contributed by atoms with Crippen molar-refractivity contribution in [3.05, 3.63) is 94.3 Å². The minimum Gasteiger partial charge on any atom is -0.443 e. The minimum atomic E-state index is -0.306. The lowest BCUT2D eigenvalue weighted by atomic mass is 9.88. The predicted octanol–water partition coefficient (Wildman–Crippen LogP) is 5.98. The first-order valence-corrected chi connectivity index (χ1v) is 9.92. The SMILES string of the molecule is Cc1ccc(Cc2ccn(COC(=O)C(c3ccc(Cl)cc3)C(C)C)c2)cc1. The summed E-state index contributed by atoms with van der Waals surface area (Å²) in [7, 11) is 0. The van der Waals surface area contributed by atoms with E-state index in [1.165, 1.54) is 16.7 Å². The number of benzene rings is 2. The van der Waals surface area contributed by atoms with Crippen molar-refractivity contribution in [2.45, 2.75) is 39.8 Å². The number of esters is 1. The van der Waals surface area contributed by atoms with Crippen LogP contribution in [0.25, 0.3) is 0 Å². The van der Waals surface area contributed by atoms with Gasteiger partial charge < -0.3 is 9.30 Å². The predicted molar refractivity (Wildman–Crippen MR) is 114 cm³/mol. The molecular formula is C24H26ClNO2.